The maximum Gasteiger partial charge on any atom is 0.274 e. The molecule has 0 heterocycles. The molecule has 2 aliphatic carbocycles. The summed E-state index contributed by atoms with van der Waals surface area (Å²) in [7, 11) is -4.19. The van der Waals surface area contributed by atoms with Crippen molar-refractivity contribution in [1.82, 2.24) is 0 Å². The Hall–Kier alpha value is -0.870. The van der Waals surface area contributed by atoms with E-state index in [0.29, 0.717) is 5.92 Å². The van der Waals surface area contributed by atoms with Crippen LogP contribution in [0.1, 0.15) is 112 Å². The second kappa shape index (κ2) is 11.5. The molecule has 0 fully saturated rings. The Morgan fingerprint density at radius 1 is 0.750 bits per heavy atom. The molecular formula is C28H48O3S. The molecule has 0 aromatic rings. The molecule has 3 nitrogen and oxygen atoms in total. The van der Waals surface area contributed by atoms with Gasteiger partial charge in [-0.05, 0) is 42.4 Å². The van der Waals surface area contributed by atoms with E-state index in [1.807, 2.05) is 6.08 Å². The van der Waals surface area contributed by atoms with Crippen LogP contribution in [0.2, 0.25) is 0 Å². The molecule has 0 saturated heterocycles. The monoisotopic (exact) mass is 464 g/mol. The molecule has 32 heavy (non-hydrogen) atoms. The standard InChI is InChI=1S/C28H48O3S/c1-24-21-23-28(5,32(29,30)31)27(4,26(24,2)3)22-17-13-11-9-7-6-8-10-12-14-18-25-19-15-16-20-25/h15-16,19-21,23-25H,6-14,17-18,22H2,1-5H3,(H,29,30,31). The molecule has 1 N–H and O–H groups in total. The van der Waals surface area contributed by atoms with E-state index in [4.69, 9.17) is 0 Å². The van der Waals surface area contributed by atoms with Crippen molar-refractivity contribution < 1.29 is 13.0 Å². The number of unbranched alkanes of at least 4 members (excludes halogenated alkanes) is 9. The highest BCUT2D eigenvalue weighted by atomic mass is 32.2. The highest BCUT2D eigenvalue weighted by Gasteiger charge is 2.61. The van der Waals surface area contributed by atoms with Crippen molar-refractivity contribution in [3.63, 3.8) is 0 Å². The lowest BCUT2D eigenvalue weighted by molar-refractivity contribution is 0.00309. The first-order valence-electron chi connectivity index (χ1n) is 13.0. The molecule has 3 atom stereocenters. The maximum absolute atomic E-state index is 12.4. The molecule has 4 heteroatoms. The topological polar surface area (TPSA) is 54.4 Å². The maximum atomic E-state index is 12.4. The quantitative estimate of drug-likeness (QED) is 0.160. The molecule has 3 unspecified atom stereocenters. The predicted octanol–water partition coefficient (Wildman–Crippen LogP) is 8.29. The second-order valence-corrected chi connectivity index (χ2v) is 13.1. The van der Waals surface area contributed by atoms with Gasteiger partial charge < -0.3 is 0 Å². The molecule has 0 bridgehead atoms. The summed E-state index contributed by atoms with van der Waals surface area (Å²) in [6.07, 6.45) is 27.4. The predicted molar refractivity (Wildman–Crippen MR) is 137 cm³/mol. The van der Waals surface area contributed by atoms with Crippen LogP contribution < -0.4 is 0 Å². The van der Waals surface area contributed by atoms with E-state index < -0.39 is 20.3 Å². The van der Waals surface area contributed by atoms with Gasteiger partial charge in [-0.15, -0.1) is 0 Å². The van der Waals surface area contributed by atoms with Crippen molar-refractivity contribution >= 4 is 10.1 Å². The average molecular weight is 465 g/mol. The van der Waals surface area contributed by atoms with Crippen LogP contribution in [0.15, 0.2) is 36.5 Å². The van der Waals surface area contributed by atoms with E-state index in [2.05, 4.69) is 52.0 Å². The highest BCUT2D eigenvalue weighted by Crippen LogP contribution is 2.60. The first-order chi connectivity index (χ1) is 15.0. The van der Waals surface area contributed by atoms with Crippen molar-refractivity contribution in [2.75, 3.05) is 0 Å². The molecule has 184 valence electrons. The van der Waals surface area contributed by atoms with Crippen molar-refractivity contribution in [2.45, 2.75) is 116 Å². The average Bonchev–Trinajstić information content (AvgIpc) is 3.23. The zero-order valence-electron chi connectivity index (χ0n) is 21.3. The fourth-order valence-corrected chi connectivity index (χ4v) is 6.96. The molecule has 0 aromatic carbocycles. The van der Waals surface area contributed by atoms with Crippen LogP contribution in [0.3, 0.4) is 0 Å². The van der Waals surface area contributed by atoms with Gasteiger partial charge in [-0.2, -0.15) is 8.42 Å². The Morgan fingerprint density at radius 3 is 1.72 bits per heavy atom. The van der Waals surface area contributed by atoms with Crippen molar-refractivity contribution in [3.05, 3.63) is 36.5 Å². The summed E-state index contributed by atoms with van der Waals surface area (Å²) < 4.78 is 33.6. The summed E-state index contributed by atoms with van der Waals surface area (Å²) in [5, 5.41) is 0. The summed E-state index contributed by atoms with van der Waals surface area (Å²) in [5.74, 6) is 0.958. The van der Waals surface area contributed by atoms with E-state index in [0.717, 1.165) is 19.3 Å². The molecule has 2 aliphatic rings. The van der Waals surface area contributed by atoms with Crippen LogP contribution in [0.25, 0.3) is 0 Å². The van der Waals surface area contributed by atoms with Crippen LogP contribution in [0, 0.1) is 22.7 Å². The molecule has 0 aliphatic heterocycles. The van der Waals surface area contributed by atoms with E-state index in [1.165, 1.54) is 57.8 Å². The van der Waals surface area contributed by atoms with Gasteiger partial charge >= 0.3 is 0 Å². The van der Waals surface area contributed by atoms with Gasteiger partial charge in [-0.3, -0.25) is 4.55 Å². The first-order valence-corrected chi connectivity index (χ1v) is 14.4. The van der Waals surface area contributed by atoms with Gasteiger partial charge in [-0.1, -0.05) is 128 Å². The molecule has 0 amide bonds. The third kappa shape index (κ3) is 6.17. The largest absolute Gasteiger partial charge is 0.285 e. The molecule has 0 saturated carbocycles. The van der Waals surface area contributed by atoms with Crippen LogP contribution in [0.5, 0.6) is 0 Å². The summed E-state index contributed by atoms with van der Waals surface area (Å²) in [6, 6.07) is 0. The number of hydrogen-bond donors (Lipinski definition) is 1. The Labute approximate surface area is 198 Å². The van der Waals surface area contributed by atoms with Gasteiger partial charge in [0.05, 0.1) is 0 Å². The van der Waals surface area contributed by atoms with Gasteiger partial charge in [0.1, 0.15) is 4.75 Å². The van der Waals surface area contributed by atoms with Crippen LogP contribution >= 0.6 is 0 Å². The van der Waals surface area contributed by atoms with Gasteiger partial charge in [0.25, 0.3) is 10.1 Å². The lowest BCUT2D eigenvalue weighted by Crippen LogP contribution is -2.59. The third-order valence-corrected chi connectivity index (χ3v) is 10.8. The Morgan fingerprint density at radius 2 is 1.22 bits per heavy atom. The van der Waals surface area contributed by atoms with Gasteiger partial charge in [-0.25, -0.2) is 0 Å². The molecular weight excluding hydrogens is 416 g/mol. The van der Waals surface area contributed by atoms with Crippen LogP contribution in [-0.4, -0.2) is 17.7 Å². The van der Waals surface area contributed by atoms with E-state index in [9.17, 15) is 13.0 Å². The highest BCUT2D eigenvalue weighted by molar-refractivity contribution is 7.87. The molecule has 0 radical (unpaired) electrons. The minimum absolute atomic E-state index is 0.212. The minimum Gasteiger partial charge on any atom is -0.285 e. The fraction of sp³-hybridized carbons (Fsp3) is 0.786. The van der Waals surface area contributed by atoms with E-state index in [-0.39, 0.29) is 11.3 Å². The molecule has 0 spiro atoms. The first kappa shape index (κ1) is 27.4. The van der Waals surface area contributed by atoms with Crippen LogP contribution in [-0.2, 0) is 10.1 Å². The molecule has 2 rings (SSSR count). The lowest BCUT2D eigenvalue weighted by Gasteiger charge is -2.57. The number of allylic oxidation sites excluding steroid dienone is 5. The lowest BCUT2D eigenvalue weighted by atomic mass is 9.51. The van der Waals surface area contributed by atoms with E-state index in [1.54, 1.807) is 13.0 Å². The minimum atomic E-state index is -4.19. The van der Waals surface area contributed by atoms with E-state index >= 15 is 0 Å². The molecule has 0 aromatic heterocycles. The van der Waals surface area contributed by atoms with Crippen LogP contribution in [0.4, 0.5) is 0 Å². The third-order valence-electron chi connectivity index (χ3n) is 9.19. The van der Waals surface area contributed by atoms with Gasteiger partial charge in [0.15, 0.2) is 0 Å². The zero-order chi connectivity index (χ0) is 23.9. The zero-order valence-corrected chi connectivity index (χ0v) is 22.1. The Bertz CT molecular complexity index is 764. The second-order valence-electron chi connectivity index (χ2n) is 11.3. The number of hydrogen-bond acceptors (Lipinski definition) is 2. The normalized spacial score (nSPS) is 29.8. The summed E-state index contributed by atoms with van der Waals surface area (Å²) in [4.78, 5) is 0. The van der Waals surface area contributed by atoms with Crippen molar-refractivity contribution in [3.8, 4) is 0 Å². The van der Waals surface area contributed by atoms with Crippen molar-refractivity contribution in [1.29, 1.82) is 0 Å². The van der Waals surface area contributed by atoms with Gasteiger partial charge in [0.2, 0.25) is 0 Å². The number of rotatable bonds is 14. The smallest absolute Gasteiger partial charge is 0.274 e. The Kier molecular flexibility index (Phi) is 9.85. The summed E-state index contributed by atoms with van der Waals surface area (Å²) in [6.45, 7) is 10.2. The summed E-state index contributed by atoms with van der Waals surface area (Å²) in [5.41, 5.74) is -0.720. The SMILES string of the molecule is CC1C=CC(C)(S(=O)(=O)O)C(C)(CCCCCCCCCCCCC2C=CC=C2)C1(C)C. The van der Waals surface area contributed by atoms with Gasteiger partial charge in [0, 0.05) is 0 Å². The Balaban J connectivity index is 1.65. The van der Waals surface area contributed by atoms with Crippen molar-refractivity contribution in [2.24, 2.45) is 22.7 Å². The fourth-order valence-electron chi connectivity index (χ4n) is 5.78. The summed E-state index contributed by atoms with van der Waals surface area (Å²) >= 11 is 0.